The van der Waals surface area contributed by atoms with Crippen molar-refractivity contribution in [3.8, 4) is 5.75 Å². The summed E-state index contributed by atoms with van der Waals surface area (Å²) < 4.78 is 32.9. The zero-order chi connectivity index (χ0) is 19.3. The van der Waals surface area contributed by atoms with E-state index in [1.54, 1.807) is 6.92 Å². The molecule has 0 fully saturated rings. The molecular formula is C20H26F2N2O2. The van der Waals surface area contributed by atoms with Crippen molar-refractivity contribution in [1.29, 1.82) is 0 Å². The van der Waals surface area contributed by atoms with E-state index in [1.165, 1.54) is 12.1 Å². The molecule has 4 nitrogen and oxygen atoms in total. The SMILES string of the molecule is CC(C)Oc1cccc(CNC(c2cc(F)cc(F)c2)[C@H](N)[C@@H](C)O)c1. The van der Waals surface area contributed by atoms with Crippen molar-refractivity contribution >= 4 is 0 Å². The smallest absolute Gasteiger partial charge is 0.126 e. The van der Waals surface area contributed by atoms with Gasteiger partial charge < -0.3 is 20.9 Å². The lowest BCUT2D eigenvalue weighted by atomic mass is 9.96. The maximum absolute atomic E-state index is 13.6. The minimum absolute atomic E-state index is 0.0601. The second kappa shape index (κ2) is 9.07. The Labute approximate surface area is 153 Å². The zero-order valence-electron chi connectivity index (χ0n) is 15.2. The third-order valence-corrected chi connectivity index (χ3v) is 3.98. The Hall–Kier alpha value is -2.02. The van der Waals surface area contributed by atoms with E-state index < -0.39 is 29.8 Å². The minimum atomic E-state index is -0.852. The molecule has 0 saturated carbocycles. The van der Waals surface area contributed by atoms with Crippen LogP contribution in [0.4, 0.5) is 8.78 Å². The molecule has 0 spiro atoms. The summed E-state index contributed by atoms with van der Waals surface area (Å²) in [7, 11) is 0. The van der Waals surface area contributed by atoms with Crippen LogP contribution in [0, 0.1) is 11.6 Å². The molecule has 0 aliphatic heterocycles. The van der Waals surface area contributed by atoms with Crippen molar-refractivity contribution in [2.24, 2.45) is 5.73 Å². The lowest BCUT2D eigenvalue weighted by molar-refractivity contribution is 0.142. The first kappa shape index (κ1) is 20.3. The number of ether oxygens (including phenoxy) is 1. The van der Waals surface area contributed by atoms with Crippen molar-refractivity contribution in [3.05, 3.63) is 65.2 Å². The van der Waals surface area contributed by atoms with Crippen LogP contribution in [0.1, 0.15) is 37.9 Å². The maximum atomic E-state index is 13.6. The molecule has 142 valence electrons. The van der Waals surface area contributed by atoms with E-state index in [0.29, 0.717) is 12.1 Å². The highest BCUT2D eigenvalue weighted by molar-refractivity contribution is 5.29. The highest BCUT2D eigenvalue weighted by Crippen LogP contribution is 2.22. The van der Waals surface area contributed by atoms with Gasteiger partial charge in [-0.2, -0.15) is 0 Å². The number of rotatable bonds is 8. The van der Waals surface area contributed by atoms with E-state index in [4.69, 9.17) is 10.5 Å². The van der Waals surface area contributed by atoms with Gasteiger partial charge in [0.15, 0.2) is 0 Å². The Bertz CT molecular complexity index is 702. The molecule has 26 heavy (non-hydrogen) atoms. The van der Waals surface area contributed by atoms with Gasteiger partial charge in [-0.15, -0.1) is 0 Å². The number of aliphatic hydroxyl groups excluding tert-OH is 1. The van der Waals surface area contributed by atoms with Crippen molar-refractivity contribution in [2.45, 2.75) is 51.6 Å². The summed E-state index contributed by atoms with van der Waals surface area (Å²) in [4.78, 5) is 0. The van der Waals surface area contributed by atoms with Gasteiger partial charge in [0.1, 0.15) is 17.4 Å². The lowest BCUT2D eigenvalue weighted by Gasteiger charge is -2.28. The molecule has 0 radical (unpaired) electrons. The largest absolute Gasteiger partial charge is 0.491 e. The predicted molar refractivity (Wildman–Crippen MR) is 97.8 cm³/mol. The van der Waals surface area contributed by atoms with Crippen LogP contribution < -0.4 is 15.8 Å². The normalized spacial score (nSPS) is 14.9. The van der Waals surface area contributed by atoms with E-state index in [-0.39, 0.29) is 6.10 Å². The second-order valence-corrected chi connectivity index (χ2v) is 6.69. The van der Waals surface area contributed by atoms with Gasteiger partial charge in [-0.25, -0.2) is 8.78 Å². The average Bonchev–Trinajstić information content (AvgIpc) is 2.53. The van der Waals surface area contributed by atoms with Crippen molar-refractivity contribution < 1.29 is 18.6 Å². The molecular weight excluding hydrogens is 338 g/mol. The highest BCUT2D eigenvalue weighted by atomic mass is 19.1. The van der Waals surface area contributed by atoms with E-state index in [0.717, 1.165) is 17.4 Å². The number of halogens is 2. The first-order valence-electron chi connectivity index (χ1n) is 8.65. The van der Waals surface area contributed by atoms with E-state index >= 15 is 0 Å². The Morgan fingerprint density at radius 3 is 2.31 bits per heavy atom. The molecule has 4 N–H and O–H groups in total. The van der Waals surface area contributed by atoms with Gasteiger partial charge in [-0.3, -0.25) is 0 Å². The summed E-state index contributed by atoms with van der Waals surface area (Å²) in [5, 5.41) is 13.1. The summed E-state index contributed by atoms with van der Waals surface area (Å²) >= 11 is 0. The summed E-state index contributed by atoms with van der Waals surface area (Å²) in [5.74, 6) is -0.624. The van der Waals surface area contributed by atoms with Crippen molar-refractivity contribution in [3.63, 3.8) is 0 Å². The number of aliphatic hydroxyl groups is 1. The van der Waals surface area contributed by atoms with Gasteiger partial charge in [-0.1, -0.05) is 12.1 Å². The Balaban J connectivity index is 2.20. The Kier molecular flexibility index (Phi) is 7.08. The number of nitrogens with one attached hydrogen (secondary N) is 1. The molecule has 3 atom stereocenters. The first-order chi connectivity index (χ1) is 12.3. The third kappa shape index (κ3) is 5.76. The summed E-state index contributed by atoms with van der Waals surface area (Å²) in [6, 6.07) is 9.46. The lowest BCUT2D eigenvalue weighted by Crippen LogP contribution is -2.44. The van der Waals surface area contributed by atoms with E-state index in [2.05, 4.69) is 5.32 Å². The van der Waals surface area contributed by atoms with Gasteiger partial charge in [0.25, 0.3) is 0 Å². The van der Waals surface area contributed by atoms with Crippen LogP contribution in [0.2, 0.25) is 0 Å². The van der Waals surface area contributed by atoms with Crippen molar-refractivity contribution in [1.82, 2.24) is 5.32 Å². The van der Waals surface area contributed by atoms with Gasteiger partial charge in [-0.05, 0) is 56.2 Å². The number of hydrogen-bond acceptors (Lipinski definition) is 4. The summed E-state index contributed by atoms with van der Waals surface area (Å²) in [6.45, 7) is 5.84. The monoisotopic (exact) mass is 364 g/mol. The van der Waals surface area contributed by atoms with Crippen LogP contribution in [-0.4, -0.2) is 23.4 Å². The molecule has 6 heteroatoms. The number of benzene rings is 2. The molecule has 0 aromatic heterocycles. The molecule has 2 aromatic carbocycles. The molecule has 0 bridgehead atoms. The predicted octanol–water partition coefficient (Wildman–Crippen LogP) is 3.29. The van der Waals surface area contributed by atoms with Crippen LogP contribution in [0.5, 0.6) is 5.75 Å². The number of hydrogen-bond donors (Lipinski definition) is 3. The summed E-state index contributed by atoms with van der Waals surface area (Å²) in [5.41, 5.74) is 7.36. The zero-order valence-corrected chi connectivity index (χ0v) is 15.2. The van der Waals surface area contributed by atoms with E-state index in [1.807, 2.05) is 38.1 Å². The van der Waals surface area contributed by atoms with Crippen LogP contribution >= 0.6 is 0 Å². The topological polar surface area (TPSA) is 67.5 Å². The second-order valence-electron chi connectivity index (χ2n) is 6.69. The van der Waals surface area contributed by atoms with Crippen molar-refractivity contribution in [2.75, 3.05) is 0 Å². The number of nitrogens with two attached hydrogens (primary N) is 1. The van der Waals surface area contributed by atoms with Gasteiger partial charge in [0.05, 0.1) is 18.2 Å². The molecule has 1 unspecified atom stereocenters. The third-order valence-electron chi connectivity index (χ3n) is 3.98. The van der Waals surface area contributed by atoms with Crippen LogP contribution in [0.25, 0.3) is 0 Å². The fourth-order valence-electron chi connectivity index (χ4n) is 2.74. The fraction of sp³-hybridized carbons (Fsp3) is 0.400. The summed E-state index contributed by atoms with van der Waals surface area (Å²) in [6.07, 6.45) is -0.792. The Morgan fingerprint density at radius 1 is 1.08 bits per heavy atom. The molecule has 0 heterocycles. The molecule has 0 aliphatic carbocycles. The molecule has 2 rings (SSSR count). The molecule has 0 aliphatic rings. The standard InChI is InChI=1S/C20H26F2N2O2/c1-12(2)26-18-6-4-5-14(7-18)11-24-20(19(23)13(3)25)15-8-16(21)10-17(22)9-15/h4-10,12-13,19-20,24-25H,11,23H2,1-3H3/t13-,19-,20?/m1/s1. The molecule has 0 saturated heterocycles. The van der Waals surface area contributed by atoms with Crippen LogP contribution in [0.3, 0.4) is 0 Å². The average molecular weight is 364 g/mol. The van der Waals surface area contributed by atoms with Crippen LogP contribution in [-0.2, 0) is 6.54 Å². The first-order valence-corrected chi connectivity index (χ1v) is 8.65. The maximum Gasteiger partial charge on any atom is 0.126 e. The van der Waals surface area contributed by atoms with Gasteiger partial charge in [0, 0.05) is 18.7 Å². The van der Waals surface area contributed by atoms with Crippen LogP contribution in [0.15, 0.2) is 42.5 Å². The minimum Gasteiger partial charge on any atom is -0.491 e. The van der Waals surface area contributed by atoms with Gasteiger partial charge in [0.2, 0.25) is 0 Å². The Morgan fingerprint density at radius 2 is 1.73 bits per heavy atom. The highest BCUT2D eigenvalue weighted by Gasteiger charge is 2.24. The fourth-order valence-corrected chi connectivity index (χ4v) is 2.74. The quantitative estimate of drug-likeness (QED) is 0.672. The molecule has 0 amide bonds. The van der Waals surface area contributed by atoms with Gasteiger partial charge >= 0.3 is 0 Å². The van der Waals surface area contributed by atoms with E-state index in [9.17, 15) is 13.9 Å². The molecule has 2 aromatic rings.